The summed E-state index contributed by atoms with van der Waals surface area (Å²) in [5, 5.41) is 5.99. The van der Waals surface area contributed by atoms with E-state index in [1.54, 1.807) is 12.2 Å². The molecule has 1 unspecified atom stereocenters. The molecule has 3 rings (SSSR count). The maximum absolute atomic E-state index is 6.11. The van der Waals surface area contributed by atoms with Crippen molar-refractivity contribution >= 4 is 10.8 Å². The number of rotatable bonds is 6. The van der Waals surface area contributed by atoms with Crippen LogP contribution in [-0.4, -0.2) is 13.1 Å². The Balaban J connectivity index is 0.000000263. The van der Waals surface area contributed by atoms with Crippen LogP contribution in [0.25, 0.3) is 10.8 Å². The molecular weight excluding hydrogens is 368 g/mol. The normalized spacial score (nSPS) is 16.1. The van der Waals surface area contributed by atoms with Crippen molar-refractivity contribution in [3.8, 4) is 0 Å². The van der Waals surface area contributed by atoms with Crippen LogP contribution in [0.5, 0.6) is 0 Å². The Morgan fingerprint density at radius 3 is 2.00 bits per heavy atom. The average Bonchev–Trinajstić information content (AvgIpc) is 2.98. The topological polar surface area (TPSA) is 90.1 Å². The Kier molecular flexibility index (Phi) is 9.49. The molecule has 0 heterocycles. The molecule has 30 heavy (non-hydrogen) atoms. The Bertz CT molecular complexity index is 894. The first-order chi connectivity index (χ1) is 14.5. The molecule has 0 amide bonds. The highest BCUT2D eigenvalue weighted by atomic mass is 14.8. The van der Waals surface area contributed by atoms with Crippen molar-refractivity contribution in [3.05, 3.63) is 108 Å². The first-order valence-corrected chi connectivity index (χ1v) is 10.5. The van der Waals surface area contributed by atoms with Gasteiger partial charge in [0, 0.05) is 18.2 Å². The van der Waals surface area contributed by atoms with E-state index in [0.717, 1.165) is 25.2 Å². The highest BCUT2D eigenvalue weighted by molar-refractivity contribution is 5.82. The van der Waals surface area contributed by atoms with Crippen LogP contribution in [0.1, 0.15) is 20.3 Å². The molecule has 1 aliphatic carbocycles. The summed E-state index contributed by atoms with van der Waals surface area (Å²) in [4.78, 5) is 0. The van der Waals surface area contributed by atoms with E-state index in [1.165, 1.54) is 21.9 Å². The second-order valence-electron chi connectivity index (χ2n) is 7.11. The molecule has 1 aliphatic rings. The van der Waals surface area contributed by atoms with E-state index in [-0.39, 0.29) is 11.7 Å². The van der Waals surface area contributed by atoms with Crippen molar-refractivity contribution in [1.82, 2.24) is 5.32 Å². The smallest absolute Gasteiger partial charge is 0.0934 e. The van der Waals surface area contributed by atoms with Crippen molar-refractivity contribution in [2.45, 2.75) is 20.3 Å². The molecule has 0 saturated carbocycles. The highest BCUT2D eigenvalue weighted by Crippen LogP contribution is 2.23. The zero-order valence-electron chi connectivity index (χ0n) is 18.0. The SMILES string of the molecule is CCNCC1=CC(/C(N)=C/C=C(N)N)C=CC=C1CC.c1ccc2ccccc2c1. The summed E-state index contributed by atoms with van der Waals surface area (Å²) in [6.45, 7) is 6.07. The van der Waals surface area contributed by atoms with Gasteiger partial charge in [0.05, 0.1) is 5.82 Å². The van der Waals surface area contributed by atoms with E-state index >= 15 is 0 Å². The van der Waals surface area contributed by atoms with E-state index in [9.17, 15) is 0 Å². The molecule has 0 spiro atoms. The number of hydrogen-bond donors (Lipinski definition) is 4. The van der Waals surface area contributed by atoms with Crippen molar-refractivity contribution in [3.63, 3.8) is 0 Å². The maximum atomic E-state index is 6.11. The lowest BCUT2D eigenvalue weighted by molar-refractivity contribution is 0.768. The molecule has 2 aromatic carbocycles. The molecule has 4 nitrogen and oxygen atoms in total. The Labute approximate surface area is 180 Å². The number of nitrogens with two attached hydrogens (primary N) is 3. The lowest BCUT2D eigenvalue weighted by Gasteiger charge is -2.13. The van der Waals surface area contributed by atoms with Gasteiger partial charge >= 0.3 is 0 Å². The molecule has 0 bridgehead atoms. The van der Waals surface area contributed by atoms with Crippen molar-refractivity contribution in [2.24, 2.45) is 23.1 Å². The molecule has 0 aliphatic heterocycles. The van der Waals surface area contributed by atoms with Gasteiger partial charge in [-0.3, -0.25) is 0 Å². The molecule has 0 fully saturated rings. The monoisotopic (exact) mass is 402 g/mol. The maximum Gasteiger partial charge on any atom is 0.0934 e. The highest BCUT2D eigenvalue weighted by Gasteiger charge is 2.11. The molecule has 2 aromatic rings. The lowest BCUT2D eigenvalue weighted by Crippen LogP contribution is -2.18. The van der Waals surface area contributed by atoms with Crippen molar-refractivity contribution in [1.29, 1.82) is 0 Å². The van der Waals surface area contributed by atoms with E-state index in [4.69, 9.17) is 17.2 Å². The predicted molar refractivity (Wildman–Crippen MR) is 130 cm³/mol. The van der Waals surface area contributed by atoms with Gasteiger partial charge in [0.2, 0.25) is 0 Å². The largest absolute Gasteiger partial charge is 0.401 e. The summed E-state index contributed by atoms with van der Waals surface area (Å²) in [5.74, 6) is 0.328. The second-order valence-corrected chi connectivity index (χ2v) is 7.11. The van der Waals surface area contributed by atoms with Crippen LogP contribution >= 0.6 is 0 Å². The molecule has 158 valence electrons. The standard InChI is InChI=1S/C16H26N4.C10H8/c1-3-12-6-5-7-13(10-14(12)11-20-4-2)15(17)8-9-16(18)19;1-2-6-10-8-4-3-7-9(10)5-1/h5-10,13,20H,3-4,11,17-19H2,1-2H3;1-8H/b15-8-;. The van der Waals surface area contributed by atoms with Crippen LogP contribution in [-0.2, 0) is 0 Å². The van der Waals surface area contributed by atoms with Crippen LogP contribution in [0.3, 0.4) is 0 Å². The fraction of sp³-hybridized carbons (Fsp3) is 0.231. The van der Waals surface area contributed by atoms with Crippen molar-refractivity contribution < 1.29 is 0 Å². The van der Waals surface area contributed by atoms with E-state index in [1.807, 2.05) is 0 Å². The van der Waals surface area contributed by atoms with E-state index in [0.29, 0.717) is 0 Å². The Morgan fingerprint density at radius 2 is 1.50 bits per heavy atom. The molecule has 1 atom stereocenters. The van der Waals surface area contributed by atoms with Gasteiger partial charge < -0.3 is 22.5 Å². The first kappa shape index (κ1) is 23.0. The van der Waals surface area contributed by atoms with Crippen LogP contribution in [0.15, 0.2) is 108 Å². The fourth-order valence-electron chi connectivity index (χ4n) is 3.20. The van der Waals surface area contributed by atoms with Gasteiger partial charge in [-0.1, -0.05) is 86.7 Å². The van der Waals surface area contributed by atoms with Crippen molar-refractivity contribution in [2.75, 3.05) is 13.1 Å². The lowest BCUT2D eigenvalue weighted by atomic mass is 9.98. The zero-order valence-corrected chi connectivity index (χ0v) is 18.0. The molecule has 4 heteroatoms. The molecule has 0 aromatic heterocycles. The fourth-order valence-corrected chi connectivity index (χ4v) is 3.20. The van der Waals surface area contributed by atoms with Gasteiger partial charge in [0.25, 0.3) is 0 Å². The third-order valence-corrected chi connectivity index (χ3v) is 4.87. The molecule has 0 saturated heterocycles. The molecule has 0 radical (unpaired) electrons. The second kappa shape index (κ2) is 12.3. The van der Waals surface area contributed by atoms with Crippen LogP contribution < -0.4 is 22.5 Å². The summed E-state index contributed by atoms with van der Waals surface area (Å²) in [6.07, 6.45) is 12.9. The van der Waals surface area contributed by atoms with Gasteiger partial charge in [-0.2, -0.15) is 0 Å². The first-order valence-electron chi connectivity index (χ1n) is 10.5. The zero-order chi connectivity index (χ0) is 21.8. The Hall–Kier alpha value is -3.24. The minimum atomic E-state index is 0.0690. The summed E-state index contributed by atoms with van der Waals surface area (Å²) in [5.41, 5.74) is 20.3. The van der Waals surface area contributed by atoms with Gasteiger partial charge in [-0.15, -0.1) is 0 Å². The summed E-state index contributed by atoms with van der Waals surface area (Å²) in [6, 6.07) is 16.7. The third-order valence-electron chi connectivity index (χ3n) is 4.87. The third kappa shape index (κ3) is 7.30. The molecule has 7 N–H and O–H groups in total. The number of nitrogens with one attached hydrogen (secondary N) is 1. The predicted octanol–water partition coefficient (Wildman–Crippen LogP) is 4.49. The van der Waals surface area contributed by atoms with Gasteiger partial charge in [-0.25, -0.2) is 0 Å². The van der Waals surface area contributed by atoms with Crippen LogP contribution in [0.2, 0.25) is 0 Å². The van der Waals surface area contributed by atoms with Crippen LogP contribution in [0, 0.1) is 5.92 Å². The summed E-state index contributed by atoms with van der Waals surface area (Å²) >= 11 is 0. The van der Waals surface area contributed by atoms with Gasteiger partial charge in [-0.05, 0) is 47.0 Å². The minimum Gasteiger partial charge on any atom is -0.401 e. The number of likely N-dealkylation sites (N-methyl/N-ethyl adjacent to an activating group) is 1. The summed E-state index contributed by atoms with van der Waals surface area (Å²) in [7, 11) is 0. The van der Waals surface area contributed by atoms with Gasteiger partial charge in [0.1, 0.15) is 0 Å². The number of hydrogen-bond acceptors (Lipinski definition) is 4. The van der Waals surface area contributed by atoms with Crippen LogP contribution in [0.4, 0.5) is 0 Å². The van der Waals surface area contributed by atoms with E-state index in [2.05, 4.69) is 92.0 Å². The average molecular weight is 403 g/mol. The quantitative estimate of drug-likeness (QED) is 0.536. The number of fused-ring (bicyclic) bond motifs is 1. The summed E-state index contributed by atoms with van der Waals surface area (Å²) < 4.78 is 0. The Morgan fingerprint density at radius 1 is 0.900 bits per heavy atom. The minimum absolute atomic E-state index is 0.0690. The van der Waals surface area contributed by atoms with Gasteiger partial charge in [0.15, 0.2) is 0 Å². The number of benzene rings is 2. The molecular formula is C26H34N4. The number of allylic oxidation sites excluding steroid dienone is 5. The van der Waals surface area contributed by atoms with E-state index < -0.39 is 0 Å².